The van der Waals surface area contributed by atoms with Gasteiger partial charge in [0, 0.05) is 29.4 Å². The van der Waals surface area contributed by atoms with Crippen molar-refractivity contribution in [1.82, 2.24) is 15.2 Å². The maximum absolute atomic E-state index is 13.0. The number of amides is 2. The molecule has 1 unspecified atom stereocenters. The summed E-state index contributed by atoms with van der Waals surface area (Å²) in [6.45, 7) is 1.10. The molecule has 2 amide bonds. The van der Waals surface area contributed by atoms with E-state index >= 15 is 0 Å². The first kappa shape index (κ1) is 27.2. The Balaban J connectivity index is 1.70. The number of rotatable bonds is 12. The first-order chi connectivity index (χ1) is 17.2. The Morgan fingerprint density at radius 2 is 2.19 bits per heavy atom. The van der Waals surface area contributed by atoms with Gasteiger partial charge in [0.05, 0.1) is 0 Å². The highest BCUT2D eigenvalue weighted by molar-refractivity contribution is 8.00. The van der Waals surface area contributed by atoms with E-state index < -0.39 is 35.2 Å². The number of nitrogen functional groups attached to an aromatic ring is 1. The zero-order chi connectivity index (χ0) is 26.2. The van der Waals surface area contributed by atoms with Crippen LogP contribution >= 0.6 is 34.9 Å². The number of oxime groups is 1. The molecule has 6 N–H and O–H groups in total. The molecule has 15 nitrogen and oxygen atoms in total. The zero-order valence-corrected chi connectivity index (χ0v) is 21.2. The quantitative estimate of drug-likeness (QED) is 0.0496. The predicted octanol–water partition coefficient (Wildman–Crippen LogP) is -0.236. The van der Waals surface area contributed by atoms with Crippen LogP contribution in [0.15, 0.2) is 32.1 Å². The summed E-state index contributed by atoms with van der Waals surface area (Å²) in [6.07, 6.45) is 0. The number of aromatic nitrogens is 1. The lowest BCUT2D eigenvalue weighted by atomic mass is 10.0. The second-order valence-electron chi connectivity index (χ2n) is 7.04. The number of aliphatic carboxylic acids is 1. The van der Waals surface area contributed by atoms with E-state index in [1.807, 2.05) is 0 Å². The van der Waals surface area contributed by atoms with Gasteiger partial charge in [0.25, 0.3) is 11.8 Å². The molecule has 2 aliphatic rings. The second kappa shape index (κ2) is 12.5. The molecular weight excluding hydrogens is 536 g/mol. The Hall–Kier alpha value is -3.38. The molecule has 1 aromatic heterocycles. The van der Waals surface area contributed by atoms with Crippen LogP contribution in [0.5, 0.6) is 0 Å². The molecule has 3 rings (SSSR count). The van der Waals surface area contributed by atoms with Gasteiger partial charge in [0.1, 0.15) is 41.9 Å². The number of ether oxygens (including phenoxy) is 1. The molecule has 1 saturated heterocycles. The number of thiazole rings is 1. The van der Waals surface area contributed by atoms with Gasteiger partial charge in [0.15, 0.2) is 10.8 Å². The molecule has 1 aromatic rings. The predicted molar refractivity (Wildman–Crippen MR) is 132 cm³/mol. The van der Waals surface area contributed by atoms with Crippen molar-refractivity contribution in [3.63, 3.8) is 0 Å². The zero-order valence-electron chi connectivity index (χ0n) is 18.8. The van der Waals surface area contributed by atoms with E-state index in [2.05, 4.69) is 25.8 Å². The third-order valence-corrected chi connectivity index (χ3v) is 7.44. The number of hydrogen-bond acceptors (Lipinski definition) is 14. The standard InChI is InChI=1S/C18H22N8O7S3/c1-8(27)32-4-9-5-35-16-12(15(29)26(16)13(9)17(30)31)23-14(28)11(10-6-36-18(19)22-10)24-33-2-3-34-7-21-25-20/h6,12,16H,2-5,7H2,1H3,(H2,19,22)(H2,20,21)(H,23,28)(H,30,31)/t12?,16-/m1/s1. The number of nitrogens with two attached hydrogens (primary N) is 2. The largest absolute Gasteiger partial charge is 0.477 e. The summed E-state index contributed by atoms with van der Waals surface area (Å²) >= 11 is 3.71. The van der Waals surface area contributed by atoms with Crippen LogP contribution in [0.25, 0.3) is 0 Å². The molecule has 2 aliphatic heterocycles. The summed E-state index contributed by atoms with van der Waals surface area (Å²) in [5.41, 5.74) is 5.68. The first-order valence-corrected chi connectivity index (χ1v) is 13.2. The average Bonchev–Trinajstić information content (AvgIpc) is 3.27. The Labute approximate surface area is 216 Å². The van der Waals surface area contributed by atoms with Crippen molar-refractivity contribution in [2.75, 3.05) is 36.3 Å². The van der Waals surface area contributed by atoms with Gasteiger partial charge in [-0.25, -0.2) is 9.78 Å². The number of carbonyl (C=O) groups excluding carboxylic acids is 3. The van der Waals surface area contributed by atoms with Gasteiger partial charge in [-0.05, 0) is 0 Å². The first-order valence-electron chi connectivity index (χ1n) is 10.1. The number of carboxylic acid groups (broad SMARTS) is 1. The number of anilines is 1. The summed E-state index contributed by atoms with van der Waals surface area (Å²) in [5.74, 6) is 2.68. The molecule has 18 heteroatoms. The highest BCUT2D eigenvalue weighted by Crippen LogP contribution is 2.40. The van der Waals surface area contributed by atoms with Crippen LogP contribution < -0.4 is 16.9 Å². The number of nitrogens with one attached hydrogen (secondary N) is 1. The average molecular weight is 559 g/mol. The van der Waals surface area contributed by atoms with E-state index in [1.165, 1.54) is 35.8 Å². The summed E-state index contributed by atoms with van der Waals surface area (Å²) in [5, 5.41) is 23.9. The van der Waals surface area contributed by atoms with Gasteiger partial charge in [-0.3, -0.25) is 19.3 Å². The third kappa shape index (κ3) is 6.43. The fourth-order valence-corrected chi connectivity index (χ4v) is 5.48. The minimum absolute atomic E-state index is 0.146. The van der Waals surface area contributed by atoms with Gasteiger partial charge in [-0.15, -0.1) is 34.9 Å². The van der Waals surface area contributed by atoms with Gasteiger partial charge < -0.3 is 31.6 Å². The number of β-lactam (4-membered cyclic amide) rings is 1. The summed E-state index contributed by atoms with van der Waals surface area (Å²) in [7, 11) is 0. The fourth-order valence-electron chi connectivity index (χ4n) is 3.14. The van der Waals surface area contributed by atoms with Crippen LogP contribution in [-0.2, 0) is 28.8 Å². The minimum Gasteiger partial charge on any atom is -0.477 e. The molecular formula is C18H22N8O7S3. The molecule has 0 radical (unpaired) electrons. The lowest BCUT2D eigenvalue weighted by Gasteiger charge is -2.49. The third-order valence-electron chi connectivity index (χ3n) is 4.67. The number of nitrogens with zero attached hydrogens (tertiary/aromatic N) is 5. The fraction of sp³-hybridized carbons (Fsp3) is 0.444. The van der Waals surface area contributed by atoms with Crippen molar-refractivity contribution in [1.29, 1.82) is 0 Å². The molecule has 36 heavy (non-hydrogen) atoms. The Morgan fingerprint density at radius 1 is 1.42 bits per heavy atom. The molecule has 0 aliphatic carbocycles. The molecule has 2 atom stereocenters. The van der Waals surface area contributed by atoms with Crippen LogP contribution in [0.1, 0.15) is 12.6 Å². The van der Waals surface area contributed by atoms with E-state index in [0.29, 0.717) is 11.6 Å². The van der Waals surface area contributed by atoms with Crippen LogP contribution in [0.2, 0.25) is 0 Å². The maximum Gasteiger partial charge on any atom is 0.352 e. The van der Waals surface area contributed by atoms with Gasteiger partial charge in [-0.2, -0.15) is 5.11 Å². The number of thioether (sulfide) groups is 2. The lowest BCUT2D eigenvalue weighted by molar-refractivity contribution is -0.150. The van der Waals surface area contributed by atoms with Crippen molar-refractivity contribution >= 4 is 69.5 Å². The van der Waals surface area contributed by atoms with E-state index in [-0.39, 0.29) is 46.8 Å². The van der Waals surface area contributed by atoms with Crippen molar-refractivity contribution in [2.45, 2.75) is 18.3 Å². The number of esters is 1. The monoisotopic (exact) mass is 558 g/mol. The van der Waals surface area contributed by atoms with E-state index in [1.54, 1.807) is 0 Å². The summed E-state index contributed by atoms with van der Waals surface area (Å²) in [4.78, 5) is 59.2. The SMILES string of the molecule is CC(=O)OCC1=C(C(=O)O)N2C(=O)C(NC(=O)C(=NOCCSCN=NN)c3csc(N)n3)[C@H]2SC1. The summed E-state index contributed by atoms with van der Waals surface area (Å²) in [6, 6.07) is -1.01. The van der Waals surface area contributed by atoms with Crippen molar-refractivity contribution in [2.24, 2.45) is 21.3 Å². The van der Waals surface area contributed by atoms with Gasteiger partial charge in [0.2, 0.25) is 0 Å². The number of hydrogen-bond donors (Lipinski definition) is 4. The topological polar surface area (TPSA) is 224 Å². The molecule has 194 valence electrons. The summed E-state index contributed by atoms with van der Waals surface area (Å²) < 4.78 is 4.91. The van der Waals surface area contributed by atoms with Crippen LogP contribution in [0, 0.1) is 0 Å². The maximum atomic E-state index is 13.0. The molecule has 1 fully saturated rings. The number of fused-ring (bicyclic) bond motifs is 1. The van der Waals surface area contributed by atoms with Crippen molar-refractivity contribution in [3.8, 4) is 0 Å². The lowest BCUT2D eigenvalue weighted by Crippen LogP contribution is -2.71. The minimum atomic E-state index is -1.33. The Kier molecular flexibility index (Phi) is 9.48. The van der Waals surface area contributed by atoms with Crippen LogP contribution in [0.3, 0.4) is 0 Å². The van der Waals surface area contributed by atoms with Gasteiger partial charge >= 0.3 is 11.9 Å². The molecule has 0 spiro atoms. The highest BCUT2D eigenvalue weighted by Gasteiger charge is 2.54. The highest BCUT2D eigenvalue weighted by atomic mass is 32.2. The molecule has 0 bridgehead atoms. The molecule has 3 heterocycles. The Bertz CT molecular complexity index is 1120. The Morgan fingerprint density at radius 3 is 2.83 bits per heavy atom. The van der Waals surface area contributed by atoms with E-state index in [0.717, 1.165) is 16.2 Å². The van der Waals surface area contributed by atoms with E-state index in [4.69, 9.17) is 21.2 Å². The van der Waals surface area contributed by atoms with Crippen molar-refractivity contribution < 1.29 is 33.9 Å². The normalized spacial score (nSPS) is 19.6. The van der Waals surface area contributed by atoms with Gasteiger partial charge in [-0.1, -0.05) is 10.4 Å². The van der Waals surface area contributed by atoms with E-state index in [9.17, 15) is 24.3 Å². The second-order valence-corrected chi connectivity index (χ2v) is 10.1. The number of carbonyl (C=O) groups is 4. The van der Waals surface area contributed by atoms with Crippen molar-refractivity contribution in [3.05, 3.63) is 22.3 Å². The van der Waals surface area contributed by atoms with Crippen LogP contribution in [0.4, 0.5) is 5.13 Å². The molecule has 0 saturated carbocycles. The number of carboxylic acids is 1. The molecule has 0 aromatic carbocycles. The smallest absolute Gasteiger partial charge is 0.352 e. The van der Waals surface area contributed by atoms with Crippen LogP contribution in [-0.4, -0.2) is 86.5 Å².